The van der Waals surface area contributed by atoms with E-state index in [1.807, 2.05) is 18.2 Å². The highest BCUT2D eigenvalue weighted by Gasteiger charge is 2.06. The smallest absolute Gasteiger partial charge is 0.167 e. The highest BCUT2D eigenvalue weighted by atomic mass is 16.1. The molecule has 0 fully saturated rings. The quantitative estimate of drug-likeness (QED) is 0.661. The van der Waals surface area contributed by atoms with Crippen molar-refractivity contribution < 1.29 is 4.79 Å². The molecule has 0 saturated heterocycles. The molecule has 3 aromatic rings. The van der Waals surface area contributed by atoms with Crippen LogP contribution in [0.2, 0.25) is 0 Å². The van der Waals surface area contributed by atoms with Crippen molar-refractivity contribution >= 4 is 16.6 Å². The van der Waals surface area contributed by atoms with Gasteiger partial charge in [-0.1, -0.05) is 42.5 Å². The molecule has 2 aromatic carbocycles. The minimum absolute atomic E-state index is 0.123. The lowest BCUT2D eigenvalue weighted by atomic mass is 10.0. The van der Waals surface area contributed by atoms with E-state index in [2.05, 4.69) is 29.2 Å². The summed E-state index contributed by atoms with van der Waals surface area (Å²) >= 11 is 0. The Labute approximate surface area is 111 Å². The number of pyridine rings is 1. The zero-order valence-electron chi connectivity index (χ0n) is 10.4. The van der Waals surface area contributed by atoms with Gasteiger partial charge in [0.15, 0.2) is 5.78 Å². The second-order valence-electron chi connectivity index (χ2n) is 4.52. The van der Waals surface area contributed by atoms with E-state index in [1.54, 1.807) is 24.5 Å². The van der Waals surface area contributed by atoms with E-state index in [0.717, 1.165) is 5.56 Å². The minimum Gasteiger partial charge on any atom is -0.294 e. The number of ketones is 1. The molecular formula is C17H13NO. The third-order valence-corrected chi connectivity index (χ3v) is 3.18. The van der Waals surface area contributed by atoms with E-state index < -0.39 is 0 Å². The van der Waals surface area contributed by atoms with Gasteiger partial charge in [0.05, 0.1) is 0 Å². The van der Waals surface area contributed by atoms with Gasteiger partial charge >= 0.3 is 0 Å². The number of hydrogen-bond acceptors (Lipinski definition) is 2. The standard InChI is InChI=1S/C17H13NO/c19-17(15-7-9-18-10-8-15)12-13-5-6-14-3-1-2-4-16(14)11-13/h1-11H,12H2. The first kappa shape index (κ1) is 11.6. The van der Waals surface area contributed by atoms with Gasteiger partial charge in [0.25, 0.3) is 0 Å². The maximum absolute atomic E-state index is 12.1. The van der Waals surface area contributed by atoms with Gasteiger partial charge in [0.1, 0.15) is 0 Å². The zero-order valence-corrected chi connectivity index (χ0v) is 10.4. The van der Waals surface area contributed by atoms with Gasteiger partial charge < -0.3 is 0 Å². The normalized spacial score (nSPS) is 10.5. The first-order chi connectivity index (χ1) is 9.33. The number of carbonyl (C=O) groups excluding carboxylic acids is 1. The van der Waals surface area contributed by atoms with Gasteiger partial charge in [-0.25, -0.2) is 0 Å². The molecule has 0 bridgehead atoms. The molecule has 0 atom stereocenters. The molecule has 2 heteroatoms. The highest BCUT2D eigenvalue weighted by Crippen LogP contribution is 2.17. The Morgan fingerprint density at radius 1 is 0.895 bits per heavy atom. The van der Waals surface area contributed by atoms with Crippen molar-refractivity contribution in [1.29, 1.82) is 0 Å². The van der Waals surface area contributed by atoms with Gasteiger partial charge in [0, 0.05) is 24.4 Å². The number of carbonyl (C=O) groups is 1. The SMILES string of the molecule is O=C(Cc1ccc2ccccc2c1)c1ccncc1. The first-order valence-corrected chi connectivity index (χ1v) is 6.24. The molecule has 0 spiro atoms. The Morgan fingerprint density at radius 3 is 2.42 bits per heavy atom. The number of hydrogen-bond donors (Lipinski definition) is 0. The van der Waals surface area contributed by atoms with Crippen LogP contribution >= 0.6 is 0 Å². The maximum atomic E-state index is 12.1. The van der Waals surface area contributed by atoms with Crippen molar-refractivity contribution in [1.82, 2.24) is 4.98 Å². The largest absolute Gasteiger partial charge is 0.294 e. The minimum atomic E-state index is 0.123. The van der Waals surface area contributed by atoms with Crippen LogP contribution < -0.4 is 0 Å². The topological polar surface area (TPSA) is 30.0 Å². The maximum Gasteiger partial charge on any atom is 0.167 e. The number of nitrogens with zero attached hydrogens (tertiary/aromatic N) is 1. The van der Waals surface area contributed by atoms with Crippen LogP contribution in [0.3, 0.4) is 0 Å². The summed E-state index contributed by atoms with van der Waals surface area (Å²) in [6.07, 6.45) is 3.72. The van der Waals surface area contributed by atoms with Crippen molar-refractivity contribution in [3.05, 3.63) is 78.1 Å². The van der Waals surface area contributed by atoms with Crippen LogP contribution in [0.5, 0.6) is 0 Å². The average Bonchev–Trinajstić information content (AvgIpc) is 2.48. The Bertz CT molecular complexity index is 719. The van der Waals surface area contributed by atoms with Crippen LogP contribution in [0, 0.1) is 0 Å². The highest BCUT2D eigenvalue weighted by molar-refractivity contribution is 5.97. The van der Waals surface area contributed by atoms with Crippen LogP contribution in [0.25, 0.3) is 10.8 Å². The second kappa shape index (κ2) is 5.02. The molecule has 0 N–H and O–H groups in total. The Balaban J connectivity index is 1.87. The molecule has 0 amide bonds. The lowest BCUT2D eigenvalue weighted by molar-refractivity contribution is 0.0993. The molecule has 2 nitrogen and oxygen atoms in total. The summed E-state index contributed by atoms with van der Waals surface area (Å²) in [6, 6.07) is 17.8. The molecule has 3 rings (SSSR count). The summed E-state index contributed by atoms with van der Waals surface area (Å²) in [7, 11) is 0. The molecule has 19 heavy (non-hydrogen) atoms. The Kier molecular flexibility index (Phi) is 3.07. The number of Topliss-reactive ketones (excluding diaryl/α,β-unsaturated/α-hetero) is 1. The lowest BCUT2D eigenvalue weighted by Gasteiger charge is -2.03. The third-order valence-electron chi connectivity index (χ3n) is 3.18. The predicted octanol–water partition coefficient (Wildman–Crippen LogP) is 3.66. The van der Waals surface area contributed by atoms with Crippen LogP contribution in [0.4, 0.5) is 0 Å². The van der Waals surface area contributed by atoms with E-state index in [-0.39, 0.29) is 5.78 Å². The second-order valence-corrected chi connectivity index (χ2v) is 4.52. The number of benzene rings is 2. The summed E-state index contributed by atoms with van der Waals surface area (Å²) < 4.78 is 0. The molecule has 1 heterocycles. The first-order valence-electron chi connectivity index (χ1n) is 6.24. The van der Waals surface area contributed by atoms with Crippen molar-refractivity contribution in [3.8, 4) is 0 Å². The zero-order chi connectivity index (χ0) is 13.1. The van der Waals surface area contributed by atoms with E-state index in [1.165, 1.54) is 10.8 Å². The van der Waals surface area contributed by atoms with Gasteiger partial charge in [-0.2, -0.15) is 0 Å². The van der Waals surface area contributed by atoms with Crippen LogP contribution in [0.1, 0.15) is 15.9 Å². The van der Waals surface area contributed by atoms with Crippen molar-refractivity contribution in [2.75, 3.05) is 0 Å². The number of aromatic nitrogens is 1. The molecule has 0 unspecified atom stereocenters. The van der Waals surface area contributed by atoms with E-state index in [4.69, 9.17) is 0 Å². The summed E-state index contributed by atoms with van der Waals surface area (Å²) in [5.41, 5.74) is 1.75. The fourth-order valence-electron chi connectivity index (χ4n) is 2.17. The molecule has 1 aromatic heterocycles. The van der Waals surface area contributed by atoms with Crippen LogP contribution in [-0.4, -0.2) is 10.8 Å². The predicted molar refractivity (Wildman–Crippen MR) is 76.2 cm³/mol. The van der Waals surface area contributed by atoms with E-state index in [0.29, 0.717) is 12.0 Å². The van der Waals surface area contributed by atoms with E-state index in [9.17, 15) is 4.79 Å². The summed E-state index contributed by atoms with van der Waals surface area (Å²) in [5.74, 6) is 0.123. The molecule has 0 aliphatic rings. The summed E-state index contributed by atoms with van der Waals surface area (Å²) in [5, 5.41) is 2.37. The molecule has 0 saturated carbocycles. The molecule has 92 valence electrons. The van der Waals surface area contributed by atoms with Gasteiger partial charge in [-0.05, 0) is 28.5 Å². The number of rotatable bonds is 3. The lowest BCUT2D eigenvalue weighted by Crippen LogP contribution is -2.03. The molecular weight excluding hydrogens is 234 g/mol. The molecule has 0 aliphatic carbocycles. The van der Waals surface area contributed by atoms with Crippen LogP contribution in [-0.2, 0) is 6.42 Å². The Morgan fingerprint density at radius 2 is 1.63 bits per heavy atom. The molecule has 0 radical (unpaired) electrons. The summed E-state index contributed by atoms with van der Waals surface area (Å²) in [4.78, 5) is 16.0. The Hall–Kier alpha value is -2.48. The monoisotopic (exact) mass is 247 g/mol. The van der Waals surface area contributed by atoms with Crippen molar-refractivity contribution in [2.24, 2.45) is 0 Å². The van der Waals surface area contributed by atoms with Gasteiger partial charge in [-0.15, -0.1) is 0 Å². The van der Waals surface area contributed by atoms with Gasteiger partial charge in [-0.3, -0.25) is 9.78 Å². The summed E-state index contributed by atoms with van der Waals surface area (Å²) in [6.45, 7) is 0. The average molecular weight is 247 g/mol. The van der Waals surface area contributed by atoms with Crippen LogP contribution in [0.15, 0.2) is 67.0 Å². The number of fused-ring (bicyclic) bond motifs is 1. The van der Waals surface area contributed by atoms with Crippen molar-refractivity contribution in [3.63, 3.8) is 0 Å². The fourth-order valence-corrected chi connectivity index (χ4v) is 2.17. The van der Waals surface area contributed by atoms with Crippen molar-refractivity contribution in [2.45, 2.75) is 6.42 Å². The molecule has 0 aliphatic heterocycles. The van der Waals surface area contributed by atoms with E-state index >= 15 is 0 Å². The van der Waals surface area contributed by atoms with Gasteiger partial charge in [0.2, 0.25) is 0 Å². The fraction of sp³-hybridized carbons (Fsp3) is 0.0588. The third kappa shape index (κ3) is 2.52.